The molecule has 0 saturated carbocycles. The number of esters is 1. The topological polar surface area (TPSA) is 93.7 Å². The molecule has 0 atom stereocenters. The highest BCUT2D eigenvalue weighted by atomic mass is 79.9. The van der Waals surface area contributed by atoms with E-state index in [1.54, 1.807) is 25.1 Å². The predicted octanol–water partition coefficient (Wildman–Crippen LogP) is 1.31. The van der Waals surface area contributed by atoms with Crippen LogP contribution in [0.5, 0.6) is 5.75 Å². The van der Waals surface area contributed by atoms with Gasteiger partial charge in [-0.15, -0.1) is 0 Å². The first-order valence-corrected chi connectivity index (χ1v) is 8.07. The highest BCUT2D eigenvalue weighted by Crippen LogP contribution is 2.26. The SMILES string of the molecule is CCOC(=O)COc1ccc(Br)cc1C=C1C(=O)NC(=S)NC1=O. The van der Waals surface area contributed by atoms with E-state index in [-0.39, 0.29) is 23.9 Å². The number of carbonyl (C=O) groups excluding carboxylic acids is 3. The smallest absolute Gasteiger partial charge is 0.344 e. The van der Waals surface area contributed by atoms with Crippen molar-refractivity contribution < 1.29 is 23.9 Å². The van der Waals surface area contributed by atoms with Crippen molar-refractivity contribution in [3.05, 3.63) is 33.8 Å². The molecule has 0 unspecified atom stereocenters. The van der Waals surface area contributed by atoms with E-state index in [9.17, 15) is 14.4 Å². The van der Waals surface area contributed by atoms with Crippen molar-refractivity contribution in [2.24, 2.45) is 0 Å². The van der Waals surface area contributed by atoms with Crippen LogP contribution in [0.4, 0.5) is 0 Å². The number of halogens is 1. The Hall–Kier alpha value is -2.26. The quantitative estimate of drug-likeness (QED) is 0.327. The summed E-state index contributed by atoms with van der Waals surface area (Å²) in [7, 11) is 0. The van der Waals surface area contributed by atoms with E-state index in [0.29, 0.717) is 15.8 Å². The molecule has 24 heavy (non-hydrogen) atoms. The number of ether oxygens (including phenoxy) is 2. The van der Waals surface area contributed by atoms with Gasteiger partial charge in [-0.1, -0.05) is 15.9 Å². The summed E-state index contributed by atoms with van der Waals surface area (Å²) in [6.07, 6.45) is 1.36. The molecule has 1 aliphatic heterocycles. The van der Waals surface area contributed by atoms with Crippen LogP contribution in [0.2, 0.25) is 0 Å². The van der Waals surface area contributed by atoms with Gasteiger partial charge in [-0.05, 0) is 43.4 Å². The number of rotatable bonds is 5. The molecule has 0 spiro atoms. The maximum absolute atomic E-state index is 11.9. The molecule has 1 aliphatic rings. The summed E-state index contributed by atoms with van der Waals surface area (Å²) >= 11 is 8.05. The number of hydrogen-bond donors (Lipinski definition) is 2. The van der Waals surface area contributed by atoms with Gasteiger partial charge in [0.05, 0.1) is 6.61 Å². The third-order valence-electron chi connectivity index (χ3n) is 2.87. The summed E-state index contributed by atoms with van der Waals surface area (Å²) in [6, 6.07) is 4.97. The van der Waals surface area contributed by atoms with Gasteiger partial charge in [0, 0.05) is 10.0 Å². The van der Waals surface area contributed by atoms with Crippen LogP contribution in [0.3, 0.4) is 0 Å². The summed E-state index contributed by atoms with van der Waals surface area (Å²) in [4.78, 5) is 35.2. The van der Waals surface area contributed by atoms with E-state index in [0.717, 1.165) is 0 Å². The lowest BCUT2D eigenvalue weighted by Gasteiger charge is -2.17. The number of hydrogen-bond acceptors (Lipinski definition) is 6. The van der Waals surface area contributed by atoms with Crippen LogP contribution in [0.25, 0.3) is 6.08 Å². The molecule has 126 valence electrons. The molecule has 2 rings (SSSR count). The van der Waals surface area contributed by atoms with Crippen LogP contribution in [-0.4, -0.2) is 36.1 Å². The lowest BCUT2D eigenvalue weighted by atomic mass is 10.1. The van der Waals surface area contributed by atoms with Crippen LogP contribution < -0.4 is 15.4 Å². The number of thiocarbonyl (C=S) groups is 1. The molecule has 0 aromatic heterocycles. The second-order valence-corrected chi connectivity index (χ2v) is 5.90. The Labute approximate surface area is 151 Å². The van der Waals surface area contributed by atoms with Crippen molar-refractivity contribution in [3.63, 3.8) is 0 Å². The first-order valence-electron chi connectivity index (χ1n) is 6.87. The molecule has 0 aliphatic carbocycles. The van der Waals surface area contributed by atoms with Crippen molar-refractivity contribution in [1.82, 2.24) is 10.6 Å². The van der Waals surface area contributed by atoms with Crippen LogP contribution in [0.15, 0.2) is 28.2 Å². The van der Waals surface area contributed by atoms with Crippen molar-refractivity contribution in [2.45, 2.75) is 6.92 Å². The summed E-state index contributed by atoms with van der Waals surface area (Å²) in [5.41, 5.74) is 0.324. The Morgan fingerprint density at radius 1 is 1.29 bits per heavy atom. The maximum Gasteiger partial charge on any atom is 0.344 e. The third-order valence-corrected chi connectivity index (χ3v) is 3.56. The molecule has 1 aromatic carbocycles. The van der Waals surface area contributed by atoms with E-state index in [2.05, 4.69) is 26.6 Å². The fourth-order valence-electron chi connectivity index (χ4n) is 1.86. The molecule has 2 amide bonds. The van der Waals surface area contributed by atoms with Crippen molar-refractivity contribution in [2.75, 3.05) is 13.2 Å². The molecule has 9 heteroatoms. The van der Waals surface area contributed by atoms with Gasteiger partial charge in [0.25, 0.3) is 11.8 Å². The fourth-order valence-corrected chi connectivity index (χ4v) is 2.43. The second-order valence-electron chi connectivity index (χ2n) is 4.57. The average molecular weight is 413 g/mol. The van der Waals surface area contributed by atoms with Crippen LogP contribution in [-0.2, 0) is 19.1 Å². The molecule has 0 bridgehead atoms. The number of benzene rings is 1. The van der Waals surface area contributed by atoms with E-state index >= 15 is 0 Å². The maximum atomic E-state index is 11.9. The Morgan fingerprint density at radius 2 is 1.96 bits per heavy atom. The van der Waals surface area contributed by atoms with Gasteiger partial charge in [-0.25, -0.2) is 4.79 Å². The van der Waals surface area contributed by atoms with Crippen molar-refractivity contribution in [3.8, 4) is 5.75 Å². The highest BCUT2D eigenvalue weighted by molar-refractivity contribution is 9.10. The first kappa shape index (κ1) is 18.1. The summed E-state index contributed by atoms with van der Waals surface area (Å²) in [6.45, 7) is 1.66. The van der Waals surface area contributed by atoms with Gasteiger partial charge in [0.2, 0.25) is 0 Å². The molecular weight excluding hydrogens is 400 g/mol. The normalized spacial score (nSPS) is 13.9. The molecule has 1 aromatic rings. The zero-order chi connectivity index (χ0) is 17.7. The predicted molar refractivity (Wildman–Crippen MR) is 93.1 cm³/mol. The molecular formula is C15H13BrN2O5S. The standard InChI is InChI=1S/C15H13BrN2O5S/c1-2-22-12(19)7-23-11-4-3-9(16)5-8(11)6-10-13(20)17-15(24)18-14(10)21/h3-6H,2,7H2,1H3,(H2,17,18,20,21,24). The van der Waals surface area contributed by atoms with Gasteiger partial charge in [0.15, 0.2) is 11.7 Å². The lowest BCUT2D eigenvalue weighted by molar-refractivity contribution is -0.145. The molecule has 1 saturated heterocycles. The highest BCUT2D eigenvalue weighted by Gasteiger charge is 2.26. The zero-order valence-corrected chi connectivity index (χ0v) is 15.0. The van der Waals surface area contributed by atoms with E-state index in [1.807, 2.05) is 0 Å². The Kier molecular flexibility index (Phi) is 6.04. The van der Waals surface area contributed by atoms with Gasteiger partial charge in [-0.2, -0.15) is 0 Å². The Morgan fingerprint density at radius 3 is 2.58 bits per heavy atom. The summed E-state index contributed by atoms with van der Waals surface area (Å²) < 4.78 is 10.9. The molecule has 2 N–H and O–H groups in total. The monoisotopic (exact) mass is 412 g/mol. The van der Waals surface area contributed by atoms with Gasteiger partial charge < -0.3 is 9.47 Å². The second kappa shape index (κ2) is 8.02. The van der Waals surface area contributed by atoms with E-state index < -0.39 is 17.8 Å². The molecule has 0 radical (unpaired) electrons. The van der Waals surface area contributed by atoms with Crippen molar-refractivity contribution in [1.29, 1.82) is 0 Å². The van der Waals surface area contributed by atoms with Crippen LogP contribution in [0, 0.1) is 0 Å². The van der Waals surface area contributed by atoms with Gasteiger partial charge in [0.1, 0.15) is 11.3 Å². The number of amides is 2. The van der Waals surface area contributed by atoms with Crippen molar-refractivity contribution >= 4 is 57.1 Å². The average Bonchev–Trinajstić information content (AvgIpc) is 2.50. The Balaban J connectivity index is 2.28. The number of nitrogens with one attached hydrogen (secondary N) is 2. The Bertz CT molecular complexity index is 725. The first-order chi connectivity index (χ1) is 11.4. The minimum atomic E-state index is -0.611. The fraction of sp³-hybridized carbons (Fsp3) is 0.200. The van der Waals surface area contributed by atoms with Gasteiger partial charge in [-0.3, -0.25) is 20.2 Å². The van der Waals surface area contributed by atoms with Crippen LogP contribution in [0.1, 0.15) is 12.5 Å². The zero-order valence-electron chi connectivity index (χ0n) is 12.6. The molecule has 1 fully saturated rings. The van der Waals surface area contributed by atoms with Crippen LogP contribution >= 0.6 is 28.1 Å². The largest absolute Gasteiger partial charge is 0.481 e. The van der Waals surface area contributed by atoms with E-state index in [4.69, 9.17) is 21.7 Å². The van der Waals surface area contributed by atoms with E-state index in [1.165, 1.54) is 6.08 Å². The molecule has 1 heterocycles. The summed E-state index contributed by atoms with van der Waals surface area (Å²) in [5, 5.41) is 4.65. The minimum absolute atomic E-state index is 0.0461. The lowest BCUT2D eigenvalue weighted by Crippen LogP contribution is -2.51. The number of carbonyl (C=O) groups is 3. The third kappa shape index (κ3) is 4.62. The molecule has 7 nitrogen and oxygen atoms in total. The van der Waals surface area contributed by atoms with Gasteiger partial charge >= 0.3 is 5.97 Å². The minimum Gasteiger partial charge on any atom is -0.481 e. The summed E-state index contributed by atoms with van der Waals surface area (Å²) in [5.74, 6) is -1.41.